The number of ether oxygens (including phenoxy) is 1. The topological polar surface area (TPSA) is 66.2 Å². The summed E-state index contributed by atoms with van der Waals surface area (Å²) in [7, 11) is 0. The fourth-order valence-corrected chi connectivity index (χ4v) is 4.38. The molecule has 1 aromatic heterocycles. The van der Waals surface area contributed by atoms with E-state index in [1.165, 1.54) is 0 Å². The van der Waals surface area contributed by atoms with Gasteiger partial charge < -0.3 is 19.0 Å². The van der Waals surface area contributed by atoms with Crippen LogP contribution in [0.1, 0.15) is 33.0 Å². The molecule has 1 saturated heterocycles. The quantitative estimate of drug-likeness (QED) is 0.432. The number of morpholine rings is 1. The predicted octanol–water partition coefficient (Wildman–Crippen LogP) is 3.90. The molecule has 7 heteroatoms. The molecule has 3 aromatic rings. The van der Waals surface area contributed by atoms with Crippen LogP contribution in [-0.4, -0.2) is 72.5 Å². The highest BCUT2D eigenvalue weighted by Gasteiger charge is 2.25. The second-order valence-electron chi connectivity index (χ2n) is 9.24. The van der Waals surface area contributed by atoms with Gasteiger partial charge in [0.2, 0.25) is 5.91 Å². The number of benzene rings is 2. The van der Waals surface area contributed by atoms with Crippen molar-refractivity contribution in [3.05, 3.63) is 94.9 Å². The van der Waals surface area contributed by atoms with E-state index in [1.54, 1.807) is 9.80 Å². The van der Waals surface area contributed by atoms with Crippen molar-refractivity contribution in [2.24, 2.45) is 0 Å². The molecule has 190 valence electrons. The maximum Gasteiger partial charge on any atom is 0.254 e. The molecule has 0 N–H and O–H groups in total. The molecule has 1 aliphatic heterocycles. The average Bonchev–Trinajstić information content (AvgIpc) is 3.31. The summed E-state index contributed by atoms with van der Waals surface area (Å²) in [4.78, 5) is 33.0. The maximum absolute atomic E-state index is 13.7. The lowest BCUT2D eigenvalue weighted by molar-refractivity contribution is -0.133. The van der Waals surface area contributed by atoms with Crippen LogP contribution in [0.25, 0.3) is 0 Å². The normalized spacial score (nSPS) is 13.9. The summed E-state index contributed by atoms with van der Waals surface area (Å²) in [5, 5.41) is 0. The van der Waals surface area contributed by atoms with Crippen molar-refractivity contribution < 1.29 is 18.7 Å². The van der Waals surface area contributed by atoms with Crippen molar-refractivity contribution in [3.63, 3.8) is 0 Å². The fourth-order valence-electron chi connectivity index (χ4n) is 4.38. The minimum atomic E-state index is -0.122. The Labute approximate surface area is 213 Å². The van der Waals surface area contributed by atoms with Gasteiger partial charge in [-0.2, -0.15) is 0 Å². The Hall–Kier alpha value is -3.42. The van der Waals surface area contributed by atoms with Crippen LogP contribution in [0.4, 0.5) is 0 Å². The van der Waals surface area contributed by atoms with Gasteiger partial charge in [0.25, 0.3) is 5.91 Å². The lowest BCUT2D eigenvalue weighted by Gasteiger charge is -2.31. The summed E-state index contributed by atoms with van der Waals surface area (Å²) in [6, 6.07) is 21.2. The van der Waals surface area contributed by atoms with Crippen LogP contribution in [0.2, 0.25) is 0 Å². The molecule has 0 spiro atoms. The van der Waals surface area contributed by atoms with Gasteiger partial charge in [0, 0.05) is 38.3 Å². The van der Waals surface area contributed by atoms with Crippen LogP contribution in [0, 0.1) is 13.8 Å². The summed E-state index contributed by atoms with van der Waals surface area (Å²) in [6.45, 7) is 8.82. The smallest absolute Gasteiger partial charge is 0.254 e. The predicted molar refractivity (Wildman–Crippen MR) is 138 cm³/mol. The molecule has 36 heavy (non-hydrogen) atoms. The zero-order chi connectivity index (χ0) is 25.3. The van der Waals surface area contributed by atoms with Crippen LogP contribution in [0.5, 0.6) is 0 Å². The van der Waals surface area contributed by atoms with E-state index in [9.17, 15) is 9.59 Å². The Morgan fingerprint density at radius 3 is 2.28 bits per heavy atom. The van der Waals surface area contributed by atoms with Gasteiger partial charge in [0.15, 0.2) is 0 Å². The molecule has 0 unspecified atom stereocenters. The van der Waals surface area contributed by atoms with Gasteiger partial charge in [-0.3, -0.25) is 14.5 Å². The second kappa shape index (κ2) is 12.5. The molecule has 2 amide bonds. The van der Waals surface area contributed by atoms with Crippen molar-refractivity contribution in [3.8, 4) is 0 Å². The van der Waals surface area contributed by atoms with Crippen LogP contribution in [0.15, 0.2) is 71.1 Å². The summed E-state index contributed by atoms with van der Waals surface area (Å²) in [5.41, 5.74) is 2.56. The number of carbonyl (C=O) groups excluding carboxylic acids is 2. The van der Waals surface area contributed by atoms with Crippen LogP contribution < -0.4 is 0 Å². The summed E-state index contributed by atoms with van der Waals surface area (Å²) in [5.74, 6) is 1.29. The first-order valence-electron chi connectivity index (χ1n) is 12.5. The highest BCUT2D eigenvalue weighted by Crippen LogP contribution is 2.16. The molecule has 2 heterocycles. The van der Waals surface area contributed by atoms with E-state index >= 15 is 0 Å². The molecule has 7 nitrogen and oxygen atoms in total. The number of hydrogen-bond donors (Lipinski definition) is 0. The third-order valence-corrected chi connectivity index (χ3v) is 6.49. The number of amides is 2. The number of hydrogen-bond acceptors (Lipinski definition) is 5. The third kappa shape index (κ3) is 7.06. The molecule has 0 saturated carbocycles. The first-order chi connectivity index (χ1) is 17.5. The third-order valence-electron chi connectivity index (χ3n) is 6.49. The van der Waals surface area contributed by atoms with Crippen molar-refractivity contribution in [1.82, 2.24) is 14.7 Å². The minimum absolute atomic E-state index is 0.00400. The van der Waals surface area contributed by atoms with Crippen LogP contribution in [0.3, 0.4) is 0 Å². The number of furan rings is 1. The van der Waals surface area contributed by atoms with Crippen LogP contribution in [-0.2, 0) is 22.6 Å². The Bertz CT molecular complexity index is 1140. The number of rotatable bonds is 10. The van der Waals surface area contributed by atoms with Crippen molar-refractivity contribution >= 4 is 11.8 Å². The molecule has 1 aliphatic rings. The zero-order valence-corrected chi connectivity index (χ0v) is 21.2. The molecular weight excluding hydrogens is 454 g/mol. The minimum Gasteiger partial charge on any atom is -0.464 e. The molecule has 1 fully saturated rings. The summed E-state index contributed by atoms with van der Waals surface area (Å²) < 4.78 is 11.2. The van der Waals surface area contributed by atoms with Crippen molar-refractivity contribution in [1.29, 1.82) is 0 Å². The van der Waals surface area contributed by atoms with E-state index in [1.807, 2.05) is 80.6 Å². The Balaban J connectivity index is 1.53. The van der Waals surface area contributed by atoms with E-state index in [0.29, 0.717) is 45.0 Å². The SMILES string of the molecule is Cc1ccc(CN(Cc2ccccc2)C(=O)CN(CCN2CCOCC2)C(=O)c2ccccc2C)o1. The summed E-state index contributed by atoms with van der Waals surface area (Å²) >= 11 is 0. The van der Waals surface area contributed by atoms with Crippen molar-refractivity contribution in [2.75, 3.05) is 45.9 Å². The largest absolute Gasteiger partial charge is 0.464 e. The Morgan fingerprint density at radius 2 is 1.58 bits per heavy atom. The van der Waals surface area contributed by atoms with E-state index < -0.39 is 0 Å². The van der Waals surface area contributed by atoms with Gasteiger partial charge in [-0.05, 0) is 43.2 Å². The first kappa shape index (κ1) is 25.7. The Morgan fingerprint density at radius 1 is 0.861 bits per heavy atom. The number of carbonyl (C=O) groups is 2. The molecule has 4 rings (SSSR count). The van der Waals surface area contributed by atoms with Gasteiger partial charge in [-0.1, -0.05) is 48.5 Å². The van der Waals surface area contributed by atoms with Gasteiger partial charge in [-0.15, -0.1) is 0 Å². The molecule has 0 atom stereocenters. The number of nitrogens with zero attached hydrogens (tertiary/aromatic N) is 3. The maximum atomic E-state index is 13.7. The average molecular weight is 490 g/mol. The molecular formula is C29H35N3O4. The van der Waals surface area contributed by atoms with Gasteiger partial charge in [0.1, 0.15) is 18.1 Å². The standard InChI is InChI=1S/C29H35N3O4/c1-23-8-6-7-11-27(23)29(34)31(15-14-30-16-18-35-19-17-30)22-28(33)32(20-25-9-4-3-5-10-25)21-26-13-12-24(2)36-26/h3-13H,14-22H2,1-2H3. The Kier molecular flexibility index (Phi) is 8.92. The van der Waals surface area contributed by atoms with E-state index in [4.69, 9.17) is 9.15 Å². The molecule has 2 aromatic carbocycles. The highest BCUT2D eigenvalue weighted by atomic mass is 16.5. The zero-order valence-electron chi connectivity index (χ0n) is 21.2. The van der Waals surface area contributed by atoms with E-state index in [2.05, 4.69) is 4.90 Å². The van der Waals surface area contributed by atoms with Crippen LogP contribution >= 0.6 is 0 Å². The summed E-state index contributed by atoms with van der Waals surface area (Å²) in [6.07, 6.45) is 0. The van der Waals surface area contributed by atoms with Gasteiger partial charge in [0.05, 0.1) is 19.8 Å². The van der Waals surface area contributed by atoms with E-state index in [0.717, 1.165) is 35.7 Å². The van der Waals surface area contributed by atoms with Gasteiger partial charge in [-0.25, -0.2) is 0 Å². The highest BCUT2D eigenvalue weighted by molar-refractivity contribution is 5.97. The molecule has 0 bridgehead atoms. The van der Waals surface area contributed by atoms with Gasteiger partial charge >= 0.3 is 0 Å². The molecule has 0 radical (unpaired) electrons. The number of aryl methyl sites for hydroxylation is 2. The monoisotopic (exact) mass is 489 g/mol. The lowest BCUT2D eigenvalue weighted by atomic mass is 10.1. The molecule has 0 aliphatic carbocycles. The first-order valence-corrected chi connectivity index (χ1v) is 12.5. The second-order valence-corrected chi connectivity index (χ2v) is 9.24. The van der Waals surface area contributed by atoms with Crippen molar-refractivity contribution in [2.45, 2.75) is 26.9 Å². The lowest BCUT2D eigenvalue weighted by Crippen LogP contribution is -2.47. The van der Waals surface area contributed by atoms with E-state index in [-0.39, 0.29) is 18.4 Å². The fraction of sp³-hybridized carbons (Fsp3) is 0.379.